The summed E-state index contributed by atoms with van der Waals surface area (Å²) in [6.45, 7) is 1.64. The summed E-state index contributed by atoms with van der Waals surface area (Å²) < 4.78 is 2.10. The number of aryl methyl sites for hydroxylation is 2. The van der Waals surface area contributed by atoms with Gasteiger partial charge in [-0.1, -0.05) is 6.07 Å². The molecule has 2 heteroatoms. The smallest absolute Gasteiger partial charge is 0.130 e. The number of nitrogens with zero attached hydrogens (tertiary/aromatic N) is 1. The molecular formula is C13H15NO. The van der Waals surface area contributed by atoms with E-state index in [1.807, 2.05) is 7.05 Å². The number of rotatable bonds is 3. The molecule has 0 radical (unpaired) electrons. The fourth-order valence-corrected chi connectivity index (χ4v) is 1.81. The molecule has 0 aliphatic carbocycles. The number of carbonyl (C=O) groups is 1. The molecule has 15 heavy (non-hydrogen) atoms. The Labute approximate surface area is 89.5 Å². The van der Waals surface area contributed by atoms with E-state index in [0.29, 0.717) is 6.42 Å². The van der Waals surface area contributed by atoms with Crippen molar-refractivity contribution in [2.24, 2.45) is 7.05 Å². The molecule has 1 aromatic carbocycles. The number of fused-ring (bicyclic) bond motifs is 1. The second kappa shape index (κ2) is 3.89. The average Bonchev–Trinajstić information content (AvgIpc) is 2.57. The van der Waals surface area contributed by atoms with E-state index in [1.165, 1.54) is 16.5 Å². The van der Waals surface area contributed by atoms with Crippen LogP contribution in [0.15, 0.2) is 30.5 Å². The molecule has 0 aliphatic rings. The van der Waals surface area contributed by atoms with Crippen LogP contribution in [0.4, 0.5) is 0 Å². The molecule has 0 aliphatic heterocycles. The fraction of sp³-hybridized carbons (Fsp3) is 0.308. The molecule has 1 heterocycles. The van der Waals surface area contributed by atoms with Gasteiger partial charge in [-0.15, -0.1) is 0 Å². The lowest BCUT2D eigenvalue weighted by atomic mass is 10.1. The van der Waals surface area contributed by atoms with E-state index in [1.54, 1.807) is 6.92 Å². The van der Waals surface area contributed by atoms with Crippen LogP contribution in [0.2, 0.25) is 0 Å². The third-order valence-electron chi connectivity index (χ3n) is 2.72. The first-order chi connectivity index (χ1) is 7.16. The van der Waals surface area contributed by atoms with Gasteiger partial charge in [-0.2, -0.15) is 0 Å². The highest BCUT2D eigenvalue weighted by molar-refractivity contribution is 5.81. The third kappa shape index (κ3) is 2.09. The summed E-state index contributed by atoms with van der Waals surface area (Å²) >= 11 is 0. The molecule has 0 bridgehead atoms. The number of carbonyl (C=O) groups excluding carboxylic acids is 1. The van der Waals surface area contributed by atoms with Crippen molar-refractivity contribution < 1.29 is 4.79 Å². The minimum atomic E-state index is 0.253. The fourth-order valence-electron chi connectivity index (χ4n) is 1.81. The molecule has 2 rings (SSSR count). The van der Waals surface area contributed by atoms with Crippen LogP contribution in [0, 0.1) is 0 Å². The van der Waals surface area contributed by atoms with Crippen LogP contribution in [-0.2, 0) is 18.3 Å². The summed E-state index contributed by atoms with van der Waals surface area (Å²) in [7, 11) is 2.04. The minimum Gasteiger partial charge on any atom is -0.351 e. The Bertz CT molecular complexity index is 496. The Morgan fingerprint density at radius 1 is 1.33 bits per heavy atom. The predicted molar refractivity (Wildman–Crippen MR) is 61.9 cm³/mol. The van der Waals surface area contributed by atoms with Gasteiger partial charge < -0.3 is 9.36 Å². The molecule has 1 aromatic heterocycles. The topological polar surface area (TPSA) is 22.0 Å². The Morgan fingerprint density at radius 3 is 2.87 bits per heavy atom. The van der Waals surface area contributed by atoms with Crippen molar-refractivity contribution in [2.45, 2.75) is 19.8 Å². The van der Waals surface area contributed by atoms with Crippen molar-refractivity contribution in [3.8, 4) is 0 Å². The number of benzene rings is 1. The van der Waals surface area contributed by atoms with Gasteiger partial charge in [0.25, 0.3) is 0 Å². The standard InChI is InChI=1S/C13H15NO/c1-10(15)3-4-11-5-6-13-12(9-11)7-8-14(13)2/h5-9H,3-4H2,1-2H3. The van der Waals surface area contributed by atoms with Gasteiger partial charge in [0, 0.05) is 25.2 Å². The first kappa shape index (κ1) is 9.97. The number of Topliss-reactive ketones (excluding diaryl/α,β-unsaturated/α-hetero) is 1. The maximum atomic E-state index is 10.9. The molecule has 0 spiro atoms. The molecule has 2 aromatic rings. The molecule has 0 saturated carbocycles. The van der Waals surface area contributed by atoms with Gasteiger partial charge in [0.15, 0.2) is 0 Å². The van der Waals surface area contributed by atoms with Crippen molar-refractivity contribution in [3.05, 3.63) is 36.0 Å². The maximum absolute atomic E-state index is 10.9. The lowest BCUT2D eigenvalue weighted by Crippen LogP contribution is -1.93. The van der Waals surface area contributed by atoms with E-state index in [9.17, 15) is 4.79 Å². The highest BCUT2D eigenvalue weighted by Crippen LogP contribution is 2.17. The van der Waals surface area contributed by atoms with Gasteiger partial charge in [-0.25, -0.2) is 0 Å². The van der Waals surface area contributed by atoms with E-state index < -0.39 is 0 Å². The van der Waals surface area contributed by atoms with Crippen molar-refractivity contribution in [2.75, 3.05) is 0 Å². The molecule has 2 nitrogen and oxygen atoms in total. The number of hydrogen-bond donors (Lipinski definition) is 0. The van der Waals surface area contributed by atoms with E-state index in [2.05, 4.69) is 35.0 Å². The van der Waals surface area contributed by atoms with Gasteiger partial charge in [-0.3, -0.25) is 0 Å². The molecular weight excluding hydrogens is 186 g/mol. The van der Waals surface area contributed by atoms with Crippen LogP contribution in [0.3, 0.4) is 0 Å². The number of aromatic nitrogens is 1. The first-order valence-electron chi connectivity index (χ1n) is 5.20. The maximum Gasteiger partial charge on any atom is 0.130 e. The Hall–Kier alpha value is -1.57. The van der Waals surface area contributed by atoms with E-state index in [0.717, 1.165) is 6.42 Å². The van der Waals surface area contributed by atoms with E-state index in [-0.39, 0.29) is 5.78 Å². The van der Waals surface area contributed by atoms with Crippen LogP contribution >= 0.6 is 0 Å². The zero-order valence-electron chi connectivity index (χ0n) is 9.16. The van der Waals surface area contributed by atoms with Crippen molar-refractivity contribution in [3.63, 3.8) is 0 Å². The molecule has 0 saturated heterocycles. The monoisotopic (exact) mass is 201 g/mol. The average molecular weight is 201 g/mol. The lowest BCUT2D eigenvalue weighted by Gasteiger charge is -2.01. The van der Waals surface area contributed by atoms with Crippen molar-refractivity contribution in [1.29, 1.82) is 0 Å². The summed E-state index contributed by atoms with van der Waals surface area (Å²) in [4.78, 5) is 10.9. The SMILES string of the molecule is CC(=O)CCc1ccc2c(ccn2C)c1. The van der Waals surface area contributed by atoms with Crippen molar-refractivity contribution in [1.82, 2.24) is 4.57 Å². The summed E-state index contributed by atoms with van der Waals surface area (Å²) in [5, 5.41) is 1.25. The van der Waals surface area contributed by atoms with Gasteiger partial charge in [0.2, 0.25) is 0 Å². The van der Waals surface area contributed by atoms with Crippen LogP contribution in [0.1, 0.15) is 18.9 Å². The van der Waals surface area contributed by atoms with E-state index in [4.69, 9.17) is 0 Å². The second-order valence-electron chi connectivity index (χ2n) is 4.02. The van der Waals surface area contributed by atoms with Crippen LogP contribution in [0.25, 0.3) is 10.9 Å². The first-order valence-corrected chi connectivity index (χ1v) is 5.20. The van der Waals surface area contributed by atoms with Gasteiger partial charge in [0.05, 0.1) is 0 Å². The van der Waals surface area contributed by atoms with Crippen LogP contribution in [-0.4, -0.2) is 10.4 Å². The molecule has 0 fully saturated rings. The van der Waals surface area contributed by atoms with E-state index >= 15 is 0 Å². The predicted octanol–water partition coefficient (Wildman–Crippen LogP) is 2.70. The molecule has 78 valence electrons. The summed E-state index contributed by atoms with van der Waals surface area (Å²) in [6, 6.07) is 8.49. The van der Waals surface area contributed by atoms with Crippen LogP contribution in [0.5, 0.6) is 0 Å². The zero-order chi connectivity index (χ0) is 10.8. The highest BCUT2D eigenvalue weighted by atomic mass is 16.1. The molecule has 0 unspecified atom stereocenters. The molecule has 0 atom stereocenters. The molecule has 0 amide bonds. The lowest BCUT2D eigenvalue weighted by molar-refractivity contribution is -0.116. The van der Waals surface area contributed by atoms with Crippen LogP contribution < -0.4 is 0 Å². The summed E-state index contributed by atoms with van der Waals surface area (Å²) in [5.74, 6) is 0.253. The molecule has 0 N–H and O–H groups in total. The largest absolute Gasteiger partial charge is 0.351 e. The van der Waals surface area contributed by atoms with Gasteiger partial charge >= 0.3 is 0 Å². The second-order valence-corrected chi connectivity index (χ2v) is 4.02. The Kier molecular flexibility index (Phi) is 2.58. The normalized spacial score (nSPS) is 10.8. The highest BCUT2D eigenvalue weighted by Gasteiger charge is 2.00. The Balaban J connectivity index is 2.27. The number of hydrogen-bond acceptors (Lipinski definition) is 1. The summed E-state index contributed by atoms with van der Waals surface area (Å²) in [6.07, 6.45) is 3.54. The van der Waals surface area contributed by atoms with Crippen molar-refractivity contribution >= 4 is 16.7 Å². The number of ketones is 1. The van der Waals surface area contributed by atoms with Gasteiger partial charge in [0.1, 0.15) is 5.78 Å². The summed E-state index contributed by atoms with van der Waals surface area (Å²) in [5.41, 5.74) is 2.48. The van der Waals surface area contributed by atoms with Gasteiger partial charge in [-0.05, 0) is 42.5 Å². The zero-order valence-corrected chi connectivity index (χ0v) is 9.16. The minimum absolute atomic E-state index is 0.253. The quantitative estimate of drug-likeness (QED) is 0.748. The third-order valence-corrected chi connectivity index (χ3v) is 2.72. The Morgan fingerprint density at radius 2 is 2.13 bits per heavy atom.